The number of carboxylic acid groups (broad SMARTS) is 1. The van der Waals surface area contributed by atoms with Crippen molar-refractivity contribution in [3.8, 4) is 5.75 Å². The maximum Gasteiger partial charge on any atom is 0.303 e. The van der Waals surface area contributed by atoms with E-state index in [1.165, 1.54) is 0 Å². The smallest absolute Gasteiger partial charge is 0.303 e. The molecule has 0 aliphatic rings. The average Bonchev–Trinajstić information content (AvgIpc) is 3.05. The molecule has 0 aliphatic carbocycles. The third-order valence-electron chi connectivity index (χ3n) is 5.13. The minimum Gasteiger partial charge on any atom is -0.493 e. The Kier molecular flexibility index (Phi) is 7.10. The Morgan fingerprint density at radius 1 is 1.13 bits per heavy atom. The van der Waals surface area contributed by atoms with Crippen molar-refractivity contribution in [3.05, 3.63) is 65.4 Å². The fraction of sp³-hybridized carbons (Fsp3) is 0.348. The number of carboxylic acids is 1. The van der Waals surface area contributed by atoms with Crippen molar-refractivity contribution in [2.75, 3.05) is 6.61 Å². The van der Waals surface area contributed by atoms with Crippen LogP contribution in [0.4, 0.5) is 0 Å². The zero-order valence-corrected chi connectivity index (χ0v) is 17.0. The van der Waals surface area contributed by atoms with Crippen molar-refractivity contribution in [1.82, 2.24) is 4.57 Å². The van der Waals surface area contributed by atoms with Crippen LogP contribution in [0.1, 0.15) is 42.7 Å². The standard InChI is InChI=1S/C23H28N2O5/c1-2-16-21(22(28)23(24)29)20-17(25(16)14-15-8-4-3-5-9-15)10-6-11-18(20)30-13-7-12-19(26)27/h3-6,8-11,22-23,28-29H,2,7,12-14,24H2,1H3,(H,26,27). The zero-order valence-electron chi connectivity index (χ0n) is 17.0. The van der Waals surface area contributed by atoms with Gasteiger partial charge in [0, 0.05) is 29.6 Å². The molecule has 2 aromatic carbocycles. The predicted molar refractivity (Wildman–Crippen MR) is 114 cm³/mol. The van der Waals surface area contributed by atoms with Crippen LogP contribution in [0.2, 0.25) is 0 Å². The van der Waals surface area contributed by atoms with Crippen LogP contribution in [0.25, 0.3) is 10.9 Å². The normalized spacial score (nSPS) is 13.3. The van der Waals surface area contributed by atoms with Crippen molar-refractivity contribution >= 4 is 16.9 Å². The molecule has 3 rings (SSSR count). The highest BCUT2D eigenvalue weighted by Gasteiger charge is 2.27. The molecule has 5 N–H and O–H groups in total. The van der Waals surface area contributed by atoms with Crippen LogP contribution >= 0.6 is 0 Å². The summed E-state index contributed by atoms with van der Waals surface area (Å²) < 4.78 is 8.00. The molecule has 7 heteroatoms. The molecule has 0 aliphatic heterocycles. The summed E-state index contributed by atoms with van der Waals surface area (Å²) in [6.45, 7) is 2.82. The Balaban J connectivity index is 2.11. The highest BCUT2D eigenvalue weighted by atomic mass is 16.5. The molecule has 0 bridgehead atoms. The van der Waals surface area contributed by atoms with E-state index in [-0.39, 0.29) is 13.0 Å². The Bertz CT molecular complexity index is 998. The van der Waals surface area contributed by atoms with E-state index in [0.29, 0.717) is 36.1 Å². The largest absolute Gasteiger partial charge is 0.493 e. The lowest BCUT2D eigenvalue weighted by Gasteiger charge is -2.17. The molecule has 0 saturated carbocycles. The van der Waals surface area contributed by atoms with Gasteiger partial charge in [-0.2, -0.15) is 0 Å². The van der Waals surface area contributed by atoms with Crippen LogP contribution in [0, 0.1) is 0 Å². The molecular formula is C23H28N2O5. The van der Waals surface area contributed by atoms with E-state index in [1.54, 1.807) is 6.07 Å². The van der Waals surface area contributed by atoms with Crippen LogP contribution < -0.4 is 10.5 Å². The predicted octanol–water partition coefficient (Wildman–Crippen LogP) is 2.81. The number of aromatic nitrogens is 1. The number of aliphatic hydroxyl groups excluding tert-OH is 2. The first-order chi connectivity index (χ1) is 14.4. The third kappa shape index (κ3) is 4.64. The van der Waals surface area contributed by atoms with E-state index in [4.69, 9.17) is 15.6 Å². The number of carbonyl (C=O) groups is 1. The molecule has 1 heterocycles. The van der Waals surface area contributed by atoms with Gasteiger partial charge in [-0.1, -0.05) is 43.3 Å². The number of aliphatic hydroxyl groups is 2. The van der Waals surface area contributed by atoms with Crippen LogP contribution in [0.15, 0.2) is 48.5 Å². The molecule has 0 saturated heterocycles. The van der Waals surface area contributed by atoms with Crippen molar-refractivity contribution in [3.63, 3.8) is 0 Å². The molecule has 160 valence electrons. The van der Waals surface area contributed by atoms with Gasteiger partial charge in [0.15, 0.2) is 0 Å². The molecule has 0 radical (unpaired) electrons. The van der Waals surface area contributed by atoms with Gasteiger partial charge in [0.2, 0.25) is 0 Å². The van der Waals surface area contributed by atoms with Gasteiger partial charge < -0.3 is 30.4 Å². The van der Waals surface area contributed by atoms with Crippen molar-refractivity contribution < 1.29 is 24.9 Å². The highest BCUT2D eigenvalue weighted by Crippen LogP contribution is 2.38. The van der Waals surface area contributed by atoms with Gasteiger partial charge in [0.25, 0.3) is 0 Å². The summed E-state index contributed by atoms with van der Waals surface area (Å²) in [5.41, 5.74) is 9.02. The van der Waals surface area contributed by atoms with E-state index in [1.807, 2.05) is 49.4 Å². The number of hydrogen-bond acceptors (Lipinski definition) is 5. The minimum atomic E-state index is -1.44. The number of nitrogens with two attached hydrogens (primary N) is 1. The van der Waals surface area contributed by atoms with Gasteiger partial charge in [-0.25, -0.2) is 0 Å². The SMILES string of the molecule is CCc1c(C(O)C(N)O)c2c(OCCCC(=O)O)cccc2n1Cc1ccccc1. The monoisotopic (exact) mass is 412 g/mol. The lowest BCUT2D eigenvalue weighted by Crippen LogP contribution is -2.28. The average molecular weight is 412 g/mol. The molecule has 7 nitrogen and oxygen atoms in total. The Labute approximate surface area is 175 Å². The molecule has 0 amide bonds. The van der Waals surface area contributed by atoms with Crippen LogP contribution in [-0.2, 0) is 17.8 Å². The van der Waals surface area contributed by atoms with E-state index in [2.05, 4.69) is 4.57 Å². The number of rotatable bonds is 10. The first-order valence-corrected chi connectivity index (χ1v) is 10.1. The topological polar surface area (TPSA) is 118 Å². The summed E-state index contributed by atoms with van der Waals surface area (Å²) in [6, 6.07) is 15.6. The van der Waals surface area contributed by atoms with E-state index < -0.39 is 18.3 Å². The third-order valence-corrected chi connectivity index (χ3v) is 5.13. The number of ether oxygens (including phenoxy) is 1. The number of nitrogens with zero attached hydrogens (tertiary/aromatic N) is 1. The van der Waals surface area contributed by atoms with Crippen LogP contribution in [0.5, 0.6) is 5.75 Å². The second-order valence-corrected chi connectivity index (χ2v) is 7.22. The Morgan fingerprint density at radius 2 is 1.87 bits per heavy atom. The summed E-state index contributed by atoms with van der Waals surface area (Å²) in [4.78, 5) is 10.8. The molecule has 30 heavy (non-hydrogen) atoms. The summed E-state index contributed by atoms with van der Waals surface area (Å²) in [6.07, 6.45) is -1.70. The van der Waals surface area contributed by atoms with Gasteiger partial charge in [0.05, 0.1) is 12.1 Å². The Morgan fingerprint density at radius 3 is 2.50 bits per heavy atom. The molecule has 2 atom stereocenters. The van der Waals surface area contributed by atoms with Gasteiger partial charge in [-0.15, -0.1) is 0 Å². The molecule has 0 fully saturated rings. The van der Waals surface area contributed by atoms with E-state index >= 15 is 0 Å². The first-order valence-electron chi connectivity index (χ1n) is 10.1. The highest BCUT2D eigenvalue weighted by molar-refractivity contribution is 5.92. The quantitative estimate of drug-likeness (QED) is 0.300. The second kappa shape index (κ2) is 9.75. The van der Waals surface area contributed by atoms with Crippen LogP contribution in [0.3, 0.4) is 0 Å². The van der Waals surface area contributed by atoms with Crippen molar-refractivity contribution in [2.45, 2.75) is 45.1 Å². The zero-order chi connectivity index (χ0) is 21.7. The Hall–Kier alpha value is -2.87. The molecule has 1 aromatic heterocycles. The van der Waals surface area contributed by atoms with E-state index in [0.717, 1.165) is 16.8 Å². The molecular weight excluding hydrogens is 384 g/mol. The molecule has 2 unspecified atom stereocenters. The van der Waals surface area contributed by atoms with Gasteiger partial charge in [-0.3, -0.25) is 4.79 Å². The second-order valence-electron chi connectivity index (χ2n) is 7.22. The summed E-state index contributed by atoms with van der Waals surface area (Å²) >= 11 is 0. The van der Waals surface area contributed by atoms with Crippen molar-refractivity contribution in [2.24, 2.45) is 5.73 Å². The minimum absolute atomic E-state index is 0.0161. The molecule has 0 spiro atoms. The van der Waals surface area contributed by atoms with Gasteiger partial charge in [-0.05, 0) is 30.5 Å². The fourth-order valence-corrected chi connectivity index (χ4v) is 3.79. The van der Waals surface area contributed by atoms with E-state index in [9.17, 15) is 15.0 Å². The lowest BCUT2D eigenvalue weighted by molar-refractivity contribution is -0.137. The number of benzene rings is 2. The molecule has 3 aromatic rings. The maximum absolute atomic E-state index is 10.8. The summed E-state index contributed by atoms with van der Waals surface area (Å²) in [7, 11) is 0. The number of hydrogen-bond donors (Lipinski definition) is 4. The lowest BCUT2D eigenvalue weighted by atomic mass is 10.0. The summed E-state index contributed by atoms with van der Waals surface area (Å²) in [5.74, 6) is -0.337. The van der Waals surface area contributed by atoms with Crippen molar-refractivity contribution in [1.29, 1.82) is 0 Å². The first kappa shape index (κ1) is 21.8. The number of aliphatic carboxylic acids is 1. The van der Waals surface area contributed by atoms with Crippen LogP contribution in [-0.4, -0.2) is 38.7 Å². The summed E-state index contributed by atoms with van der Waals surface area (Å²) in [5, 5.41) is 30.2. The maximum atomic E-state index is 10.8. The fourth-order valence-electron chi connectivity index (χ4n) is 3.79. The number of fused-ring (bicyclic) bond motifs is 1. The van der Waals surface area contributed by atoms with Gasteiger partial charge >= 0.3 is 5.97 Å². The van der Waals surface area contributed by atoms with Gasteiger partial charge in [0.1, 0.15) is 18.1 Å².